The highest BCUT2D eigenvalue weighted by molar-refractivity contribution is 5.87. The number of aliphatic hydroxyl groups is 1. The van der Waals surface area contributed by atoms with Crippen LogP contribution in [0.3, 0.4) is 0 Å². The van der Waals surface area contributed by atoms with E-state index in [-0.39, 0.29) is 12.6 Å². The topological polar surface area (TPSA) is 79.1 Å². The lowest BCUT2D eigenvalue weighted by atomic mass is 10.2. The van der Waals surface area contributed by atoms with Gasteiger partial charge in [-0.3, -0.25) is 0 Å². The van der Waals surface area contributed by atoms with Crippen molar-refractivity contribution in [3.8, 4) is 0 Å². The standard InChI is InChI=1S/C21H30N6O/c1-5-10-15(3)27-14-22-18-19(26(4)17-11-8-7-9-12-17)24-21(25-20(18)27)23-16(6-2)13-28/h7-9,11-12,14-16,28H,5-6,10,13H2,1-4H3,(H,23,24,25)/t15?,16-/m1/s1. The predicted octanol–water partition coefficient (Wildman–Crippen LogP) is 4.14. The molecule has 0 amide bonds. The van der Waals surface area contributed by atoms with Crippen molar-refractivity contribution in [3.05, 3.63) is 36.7 Å². The van der Waals surface area contributed by atoms with Crippen LogP contribution in [-0.4, -0.2) is 44.3 Å². The molecule has 7 heteroatoms. The lowest BCUT2D eigenvalue weighted by molar-refractivity contribution is 0.271. The van der Waals surface area contributed by atoms with Gasteiger partial charge in [0.25, 0.3) is 0 Å². The normalized spacial score (nSPS) is 13.5. The number of anilines is 3. The van der Waals surface area contributed by atoms with E-state index in [1.165, 1.54) is 0 Å². The van der Waals surface area contributed by atoms with Gasteiger partial charge in [-0.1, -0.05) is 38.5 Å². The van der Waals surface area contributed by atoms with E-state index in [2.05, 4.69) is 28.7 Å². The molecule has 0 radical (unpaired) electrons. The third-order valence-electron chi connectivity index (χ3n) is 5.09. The maximum atomic E-state index is 9.58. The van der Waals surface area contributed by atoms with Gasteiger partial charge in [0.2, 0.25) is 5.95 Å². The molecule has 0 fully saturated rings. The Morgan fingerprint density at radius 3 is 2.57 bits per heavy atom. The molecule has 2 aromatic heterocycles. The molecule has 0 saturated heterocycles. The van der Waals surface area contributed by atoms with E-state index in [9.17, 15) is 5.11 Å². The van der Waals surface area contributed by atoms with E-state index in [1.54, 1.807) is 0 Å². The van der Waals surface area contributed by atoms with Gasteiger partial charge in [0, 0.05) is 18.8 Å². The Balaban J connectivity index is 2.12. The van der Waals surface area contributed by atoms with Gasteiger partial charge in [-0.2, -0.15) is 9.97 Å². The average molecular weight is 383 g/mol. The summed E-state index contributed by atoms with van der Waals surface area (Å²) < 4.78 is 2.12. The van der Waals surface area contributed by atoms with Crippen LogP contribution in [0.4, 0.5) is 17.5 Å². The molecule has 2 N–H and O–H groups in total. The Kier molecular flexibility index (Phi) is 6.46. The minimum Gasteiger partial charge on any atom is -0.394 e. The summed E-state index contributed by atoms with van der Waals surface area (Å²) in [5, 5.41) is 12.8. The minimum atomic E-state index is -0.0863. The summed E-state index contributed by atoms with van der Waals surface area (Å²) in [6, 6.07) is 10.3. The van der Waals surface area contributed by atoms with Crippen LogP contribution in [-0.2, 0) is 0 Å². The fourth-order valence-electron chi connectivity index (χ4n) is 3.31. The molecular weight excluding hydrogens is 352 g/mol. The van der Waals surface area contributed by atoms with Crippen molar-refractivity contribution < 1.29 is 5.11 Å². The monoisotopic (exact) mass is 382 g/mol. The van der Waals surface area contributed by atoms with Crippen LogP contribution in [0, 0.1) is 0 Å². The van der Waals surface area contributed by atoms with Crippen molar-refractivity contribution in [1.82, 2.24) is 19.5 Å². The number of imidazole rings is 1. The zero-order valence-electron chi connectivity index (χ0n) is 17.1. The zero-order chi connectivity index (χ0) is 20.1. The second-order valence-corrected chi connectivity index (χ2v) is 7.16. The summed E-state index contributed by atoms with van der Waals surface area (Å²) >= 11 is 0. The molecule has 28 heavy (non-hydrogen) atoms. The highest BCUT2D eigenvalue weighted by Gasteiger charge is 2.20. The third kappa shape index (κ3) is 4.09. The van der Waals surface area contributed by atoms with Gasteiger partial charge in [0.05, 0.1) is 19.0 Å². The van der Waals surface area contributed by atoms with Gasteiger partial charge >= 0.3 is 0 Å². The van der Waals surface area contributed by atoms with Gasteiger partial charge in [0.1, 0.15) is 0 Å². The first-order valence-corrected chi connectivity index (χ1v) is 9.99. The minimum absolute atomic E-state index is 0.0350. The summed E-state index contributed by atoms with van der Waals surface area (Å²) in [7, 11) is 1.98. The van der Waals surface area contributed by atoms with Gasteiger partial charge in [0.15, 0.2) is 17.0 Å². The lowest BCUT2D eigenvalue weighted by Gasteiger charge is -2.21. The van der Waals surface area contributed by atoms with Crippen LogP contribution in [0.2, 0.25) is 0 Å². The van der Waals surface area contributed by atoms with E-state index < -0.39 is 0 Å². The second kappa shape index (κ2) is 9.01. The summed E-state index contributed by atoms with van der Waals surface area (Å²) in [4.78, 5) is 16.2. The molecule has 0 saturated carbocycles. The Hall–Kier alpha value is -2.67. The van der Waals surface area contributed by atoms with E-state index >= 15 is 0 Å². The highest BCUT2D eigenvalue weighted by Crippen LogP contribution is 2.30. The number of hydrogen-bond donors (Lipinski definition) is 2. The van der Waals surface area contributed by atoms with Gasteiger partial charge in [-0.15, -0.1) is 0 Å². The summed E-state index contributed by atoms with van der Waals surface area (Å²) in [6.45, 7) is 6.42. The molecule has 2 atom stereocenters. The zero-order valence-corrected chi connectivity index (χ0v) is 17.1. The molecule has 3 aromatic rings. The quantitative estimate of drug-likeness (QED) is 0.579. The van der Waals surface area contributed by atoms with Gasteiger partial charge in [-0.25, -0.2) is 4.98 Å². The first-order valence-electron chi connectivity index (χ1n) is 9.99. The molecule has 0 spiro atoms. The van der Waals surface area contributed by atoms with Crippen molar-refractivity contribution in [1.29, 1.82) is 0 Å². The molecule has 150 valence electrons. The molecule has 0 bridgehead atoms. The number of nitrogens with one attached hydrogen (secondary N) is 1. The Morgan fingerprint density at radius 1 is 1.18 bits per heavy atom. The summed E-state index contributed by atoms with van der Waals surface area (Å²) in [5.74, 6) is 1.26. The lowest BCUT2D eigenvalue weighted by Crippen LogP contribution is -2.25. The fourth-order valence-corrected chi connectivity index (χ4v) is 3.31. The molecule has 0 aliphatic rings. The molecule has 2 heterocycles. The number of aromatic nitrogens is 4. The van der Waals surface area contributed by atoms with E-state index in [0.717, 1.165) is 41.9 Å². The van der Waals surface area contributed by atoms with Crippen molar-refractivity contribution >= 4 is 28.6 Å². The first kappa shape index (κ1) is 20.1. The third-order valence-corrected chi connectivity index (χ3v) is 5.09. The highest BCUT2D eigenvalue weighted by atomic mass is 16.3. The number of hydrogen-bond acceptors (Lipinski definition) is 6. The smallest absolute Gasteiger partial charge is 0.227 e. The van der Waals surface area contributed by atoms with E-state index in [4.69, 9.17) is 9.97 Å². The van der Waals surface area contributed by atoms with Crippen LogP contribution in [0.25, 0.3) is 11.2 Å². The predicted molar refractivity (Wildman–Crippen MR) is 114 cm³/mol. The number of benzene rings is 1. The van der Waals surface area contributed by atoms with Crippen LogP contribution < -0.4 is 10.2 Å². The Morgan fingerprint density at radius 2 is 1.93 bits per heavy atom. The van der Waals surface area contributed by atoms with Crippen LogP contribution in [0.5, 0.6) is 0 Å². The number of nitrogens with zero attached hydrogens (tertiary/aromatic N) is 5. The fraction of sp³-hybridized carbons (Fsp3) is 0.476. The molecule has 3 rings (SSSR count). The number of rotatable bonds is 9. The van der Waals surface area contributed by atoms with Crippen LogP contribution in [0.15, 0.2) is 36.7 Å². The molecule has 1 aromatic carbocycles. The molecule has 1 unspecified atom stereocenters. The first-order chi connectivity index (χ1) is 13.6. The maximum absolute atomic E-state index is 9.58. The molecule has 0 aliphatic heterocycles. The summed E-state index contributed by atoms with van der Waals surface area (Å²) in [6.07, 6.45) is 4.79. The average Bonchev–Trinajstić information content (AvgIpc) is 3.15. The van der Waals surface area contributed by atoms with Crippen LogP contribution >= 0.6 is 0 Å². The summed E-state index contributed by atoms with van der Waals surface area (Å²) in [5.41, 5.74) is 2.61. The molecular formula is C21H30N6O. The second-order valence-electron chi connectivity index (χ2n) is 7.16. The van der Waals surface area contributed by atoms with Crippen LogP contribution in [0.1, 0.15) is 46.1 Å². The van der Waals surface area contributed by atoms with Crippen molar-refractivity contribution in [2.24, 2.45) is 0 Å². The van der Waals surface area contributed by atoms with Crippen molar-refractivity contribution in [2.75, 3.05) is 23.9 Å². The SMILES string of the molecule is CCCC(C)n1cnc2c(N(C)c3ccccc3)nc(N[C@H](CC)CO)nc21. The number of para-hydroxylation sites is 1. The number of aliphatic hydroxyl groups excluding tert-OH is 1. The number of fused-ring (bicyclic) bond motifs is 1. The van der Waals surface area contributed by atoms with E-state index in [0.29, 0.717) is 12.0 Å². The molecule has 7 nitrogen and oxygen atoms in total. The van der Waals surface area contributed by atoms with E-state index in [1.807, 2.05) is 55.5 Å². The Labute approximate surface area is 166 Å². The largest absolute Gasteiger partial charge is 0.394 e. The van der Waals surface area contributed by atoms with Crippen molar-refractivity contribution in [2.45, 2.75) is 52.1 Å². The molecule has 0 aliphatic carbocycles. The van der Waals surface area contributed by atoms with Crippen molar-refractivity contribution in [3.63, 3.8) is 0 Å². The van der Waals surface area contributed by atoms with Gasteiger partial charge < -0.3 is 19.9 Å². The maximum Gasteiger partial charge on any atom is 0.227 e. The Bertz CT molecular complexity index is 891. The van der Waals surface area contributed by atoms with Gasteiger partial charge in [-0.05, 0) is 31.9 Å².